The number of ether oxygens (including phenoxy) is 1. The molecule has 40 heavy (non-hydrogen) atoms. The highest BCUT2D eigenvalue weighted by molar-refractivity contribution is 6.34. The van der Waals surface area contributed by atoms with Gasteiger partial charge in [0.25, 0.3) is 5.91 Å². The van der Waals surface area contributed by atoms with E-state index in [1.807, 2.05) is 0 Å². The number of nitrogens with one attached hydrogen (secondary N) is 2. The summed E-state index contributed by atoms with van der Waals surface area (Å²) in [6.45, 7) is 10.5. The van der Waals surface area contributed by atoms with Crippen LogP contribution in [0.25, 0.3) is 0 Å². The van der Waals surface area contributed by atoms with Crippen molar-refractivity contribution in [2.45, 2.75) is 58.2 Å². The number of nitrogens with two attached hydrogens (primary N) is 1. The molecule has 0 saturated carbocycles. The lowest BCUT2D eigenvalue weighted by molar-refractivity contribution is -0.140. The Balaban J connectivity index is 2.57. The molecule has 4 amide bonds. The maximum Gasteiger partial charge on any atom is 0.408 e. The predicted molar refractivity (Wildman–Crippen MR) is 155 cm³/mol. The molecule has 0 radical (unpaired) electrons. The second-order valence-electron chi connectivity index (χ2n) is 10.1. The minimum Gasteiger partial charge on any atom is -0.444 e. The molecule has 0 heterocycles. The van der Waals surface area contributed by atoms with Crippen LogP contribution in [0.4, 0.5) is 10.5 Å². The van der Waals surface area contributed by atoms with Crippen molar-refractivity contribution in [3.8, 4) is 12.3 Å². The molecule has 0 fully saturated rings. The van der Waals surface area contributed by atoms with E-state index in [-0.39, 0.29) is 19.4 Å². The second-order valence-corrected chi connectivity index (χ2v) is 10.5. The third kappa shape index (κ3) is 9.17. The number of amides is 4. The number of hydrogen-bond acceptors (Lipinski definition) is 5. The lowest BCUT2D eigenvalue weighted by atomic mass is 10.00. The summed E-state index contributed by atoms with van der Waals surface area (Å²) < 4.78 is 5.32. The van der Waals surface area contributed by atoms with E-state index >= 15 is 0 Å². The first-order valence-electron chi connectivity index (χ1n) is 12.6. The van der Waals surface area contributed by atoms with Gasteiger partial charge in [-0.15, -0.1) is 13.0 Å². The van der Waals surface area contributed by atoms with Crippen LogP contribution in [0.5, 0.6) is 0 Å². The van der Waals surface area contributed by atoms with Gasteiger partial charge in [0.05, 0.1) is 10.7 Å². The monoisotopic (exact) mass is 566 g/mol. The average Bonchev–Trinajstić information content (AvgIpc) is 2.87. The molecule has 2 unspecified atom stereocenters. The first-order valence-corrected chi connectivity index (χ1v) is 13.0. The Labute approximate surface area is 240 Å². The highest BCUT2D eigenvalue weighted by Crippen LogP contribution is 2.29. The molecule has 0 aliphatic carbocycles. The fourth-order valence-electron chi connectivity index (χ4n) is 3.87. The molecule has 0 aromatic heterocycles. The van der Waals surface area contributed by atoms with Crippen molar-refractivity contribution >= 4 is 41.1 Å². The molecule has 0 spiro atoms. The second kappa shape index (κ2) is 14.2. The van der Waals surface area contributed by atoms with E-state index in [1.165, 1.54) is 11.0 Å². The zero-order chi connectivity index (χ0) is 30.0. The molecule has 0 bridgehead atoms. The van der Waals surface area contributed by atoms with Crippen LogP contribution in [0, 0.1) is 19.3 Å². The van der Waals surface area contributed by atoms with E-state index < -0.39 is 41.5 Å². The molecule has 2 aromatic rings. The largest absolute Gasteiger partial charge is 0.444 e. The molecule has 2 rings (SSSR count). The van der Waals surface area contributed by atoms with Crippen molar-refractivity contribution in [2.24, 2.45) is 5.73 Å². The van der Waals surface area contributed by atoms with Crippen molar-refractivity contribution in [3.63, 3.8) is 0 Å². The summed E-state index contributed by atoms with van der Waals surface area (Å²) in [5.41, 5.74) is 6.63. The molecule has 0 saturated heterocycles. The highest BCUT2D eigenvalue weighted by Gasteiger charge is 2.36. The van der Waals surface area contributed by atoms with Crippen molar-refractivity contribution in [2.75, 3.05) is 11.9 Å². The van der Waals surface area contributed by atoms with Gasteiger partial charge in [-0.25, -0.2) is 4.79 Å². The maximum absolute atomic E-state index is 14.0. The smallest absolute Gasteiger partial charge is 0.408 e. The van der Waals surface area contributed by atoms with E-state index in [4.69, 9.17) is 28.5 Å². The van der Waals surface area contributed by atoms with E-state index in [2.05, 4.69) is 23.1 Å². The number of carbonyl (C=O) groups is 4. The van der Waals surface area contributed by atoms with E-state index in [0.29, 0.717) is 21.8 Å². The molecule has 2 aromatic carbocycles. The van der Waals surface area contributed by atoms with Gasteiger partial charge in [0, 0.05) is 18.5 Å². The zero-order valence-corrected chi connectivity index (χ0v) is 23.9. The number of para-hydroxylation sites is 1. The summed E-state index contributed by atoms with van der Waals surface area (Å²) in [6, 6.07) is 9.33. The maximum atomic E-state index is 14.0. The number of nitrogens with zero attached hydrogens (tertiary/aromatic N) is 1. The zero-order valence-electron chi connectivity index (χ0n) is 23.1. The van der Waals surface area contributed by atoms with Crippen LogP contribution in [0.3, 0.4) is 0 Å². The van der Waals surface area contributed by atoms with Crippen molar-refractivity contribution in [1.29, 1.82) is 0 Å². The Kier molecular flexibility index (Phi) is 11.3. The third-order valence-electron chi connectivity index (χ3n) is 5.70. The van der Waals surface area contributed by atoms with Crippen molar-refractivity contribution < 1.29 is 23.9 Å². The van der Waals surface area contributed by atoms with Crippen molar-refractivity contribution in [1.82, 2.24) is 10.2 Å². The molecule has 4 N–H and O–H groups in total. The number of carbonyl (C=O) groups excluding carboxylic acids is 4. The summed E-state index contributed by atoms with van der Waals surface area (Å²) in [4.78, 5) is 53.3. The Morgan fingerprint density at radius 2 is 1.82 bits per heavy atom. The van der Waals surface area contributed by atoms with Gasteiger partial charge < -0.3 is 26.0 Å². The van der Waals surface area contributed by atoms with Gasteiger partial charge in [-0.1, -0.05) is 47.9 Å². The van der Waals surface area contributed by atoms with Gasteiger partial charge in [-0.2, -0.15) is 0 Å². The number of primary amides is 1. The van der Waals surface area contributed by atoms with Gasteiger partial charge in [-0.05, 0) is 63.4 Å². The Morgan fingerprint density at radius 1 is 1.18 bits per heavy atom. The number of hydrogen-bond donors (Lipinski definition) is 3. The lowest BCUT2D eigenvalue weighted by Gasteiger charge is -2.34. The summed E-state index contributed by atoms with van der Waals surface area (Å²) >= 11 is 6.36. The van der Waals surface area contributed by atoms with Crippen LogP contribution >= 0.6 is 11.6 Å². The lowest BCUT2D eigenvalue weighted by Crippen LogP contribution is -2.52. The SMILES string of the molecule is C#Cc1ccc(C(C(=O)Nc2c(C)cccc2Cl)N(CC=C)C(=O)C(CCC(N)=O)NC(=O)OC(C)(C)C)cc1. The number of alkyl carbamates (subject to hydrolysis) is 1. The highest BCUT2D eigenvalue weighted by atomic mass is 35.5. The van der Waals surface area contributed by atoms with Gasteiger partial charge in [0.1, 0.15) is 17.7 Å². The molecular weight excluding hydrogens is 532 g/mol. The van der Waals surface area contributed by atoms with Crippen molar-refractivity contribution in [3.05, 3.63) is 76.8 Å². The normalized spacial score (nSPS) is 12.3. The fourth-order valence-corrected chi connectivity index (χ4v) is 4.14. The molecular formula is C30H35ClN4O5. The standard InChI is InChI=1S/C30H35ClN4O5/c1-7-18-35(28(38)23(16-17-24(32)36)33-29(39)40-30(4,5)6)26(21-14-12-20(8-2)13-15-21)27(37)34-25-19(3)10-9-11-22(25)31/h2,7,9-15,23,26H,1,16-18H2,3-6H3,(H2,32,36)(H,33,39)(H,34,37). The fraction of sp³-hybridized carbons (Fsp3) is 0.333. The number of benzene rings is 2. The molecule has 9 nitrogen and oxygen atoms in total. The number of aryl methyl sites for hydroxylation is 1. The quantitative estimate of drug-likeness (QED) is 0.272. The Morgan fingerprint density at radius 3 is 2.35 bits per heavy atom. The van der Waals surface area contributed by atoms with Crippen LogP contribution in [-0.4, -0.2) is 46.9 Å². The number of rotatable bonds is 11. The van der Waals surface area contributed by atoms with Crippen LogP contribution < -0.4 is 16.4 Å². The number of terminal acetylenes is 1. The van der Waals surface area contributed by atoms with Crippen LogP contribution in [0.1, 0.15) is 56.3 Å². The minimum absolute atomic E-state index is 0.0710. The Hall–Kier alpha value is -4.29. The molecule has 0 aliphatic rings. The van der Waals surface area contributed by atoms with E-state index in [9.17, 15) is 19.2 Å². The predicted octanol–water partition coefficient (Wildman–Crippen LogP) is 4.48. The first-order chi connectivity index (χ1) is 18.8. The van der Waals surface area contributed by atoms with Crippen LogP contribution in [0.2, 0.25) is 5.02 Å². The summed E-state index contributed by atoms with van der Waals surface area (Å²) in [6.07, 6.45) is 5.78. The van der Waals surface area contributed by atoms with Gasteiger partial charge in [0.2, 0.25) is 11.8 Å². The molecule has 2 atom stereocenters. The summed E-state index contributed by atoms with van der Waals surface area (Å²) in [5.74, 6) is 0.647. The number of anilines is 1. The van der Waals surface area contributed by atoms with Gasteiger partial charge in [-0.3, -0.25) is 14.4 Å². The molecule has 10 heteroatoms. The van der Waals surface area contributed by atoms with Crippen LogP contribution in [-0.2, 0) is 19.1 Å². The van der Waals surface area contributed by atoms with E-state index in [0.717, 1.165) is 5.56 Å². The summed E-state index contributed by atoms with van der Waals surface area (Å²) in [7, 11) is 0. The topological polar surface area (TPSA) is 131 Å². The summed E-state index contributed by atoms with van der Waals surface area (Å²) in [5, 5.41) is 5.68. The van der Waals surface area contributed by atoms with Crippen LogP contribution in [0.15, 0.2) is 55.1 Å². The van der Waals surface area contributed by atoms with E-state index in [1.54, 1.807) is 70.2 Å². The number of halogens is 1. The Bertz CT molecular complexity index is 1270. The third-order valence-corrected chi connectivity index (χ3v) is 6.02. The molecule has 212 valence electrons. The first kappa shape index (κ1) is 31.9. The van der Waals surface area contributed by atoms with Gasteiger partial charge >= 0.3 is 6.09 Å². The average molecular weight is 567 g/mol. The molecule has 0 aliphatic heterocycles. The minimum atomic E-state index is -1.23. The van der Waals surface area contributed by atoms with Gasteiger partial charge in [0.15, 0.2) is 0 Å².